The summed E-state index contributed by atoms with van der Waals surface area (Å²) in [7, 11) is 0. The SMILES string of the molecule is CC(CS)N=CN. The van der Waals surface area contributed by atoms with Gasteiger partial charge in [0.2, 0.25) is 0 Å². The molecular formula is C4H10N2S. The fourth-order valence-electron chi connectivity index (χ4n) is 0.194. The van der Waals surface area contributed by atoms with Crippen LogP contribution in [0.2, 0.25) is 0 Å². The van der Waals surface area contributed by atoms with Crippen LogP contribution in [0.3, 0.4) is 0 Å². The summed E-state index contributed by atoms with van der Waals surface area (Å²) in [5.41, 5.74) is 4.98. The van der Waals surface area contributed by atoms with Gasteiger partial charge in [-0.1, -0.05) is 0 Å². The molecule has 42 valence electrons. The molecule has 1 atom stereocenters. The molecule has 0 saturated carbocycles. The van der Waals surface area contributed by atoms with Gasteiger partial charge in [0.1, 0.15) is 0 Å². The number of hydrogen-bond donors (Lipinski definition) is 2. The van der Waals surface area contributed by atoms with Gasteiger partial charge in [0.15, 0.2) is 0 Å². The highest BCUT2D eigenvalue weighted by Gasteiger charge is 1.88. The summed E-state index contributed by atoms with van der Waals surface area (Å²) in [6.07, 6.45) is 1.31. The van der Waals surface area contributed by atoms with Crippen LogP contribution >= 0.6 is 12.6 Å². The first kappa shape index (κ1) is 6.82. The van der Waals surface area contributed by atoms with E-state index in [1.807, 2.05) is 6.92 Å². The van der Waals surface area contributed by atoms with Crippen molar-refractivity contribution in [2.75, 3.05) is 5.75 Å². The van der Waals surface area contributed by atoms with Crippen molar-refractivity contribution in [1.29, 1.82) is 0 Å². The van der Waals surface area contributed by atoms with Crippen molar-refractivity contribution in [1.82, 2.24) is 0 Å². The molecule has 0 amide bonds. The Labute approximate surface area is 49.2 Å². The van der Waals surface area contributed by atoms with E-state index in [1.165, 1.54) is 6.34 Å². The van der Waals surface area contributed by atoms with E-state index < -0.39 is 0 Å². The van der Waals surface area contributed by atoms with Crippen molar-refractivity contribution in [3.05, 3.63) is 0 Å². The van der Waals surface area contributed by atoms with Crippen molar-refractivity contribution in [3.8, 4) is 0 Å². The zero-order chi connectivity index (χ0) is 5.70. The zero-order valence-electron chi connectivity index (χ0n) is 4.33. The molecule has 0 aromatic carbocycles. The molecule has 0 saturated heterocycles. The van der Waals surface area contributed by atoms with Crippen LogP contribution in [0.25, 0.3) is 0 Å². The molecule has 0 bridgehead atoms. The minimum Gasteiger partial charge on any atom is -0.390 e. The van der Waals surface area contributed by atoms with E-state index in [2.05, 4.69) is 17.6 Å². The molecule has 7 heavy (non-hydrogen) atoms. The zero-order valence-corrected chi connectivity index (χ0v) is 5.23. The molecule has 0 aliphatic heterocycles. The monoisotopic (exact) mass is 118 g/mol. The first-order chi connectivity index (χ1) is 3.31. The lowest BCUT2D eigenvalue weighted by Crippen LogP contribution is -2.02. The number of aliphatic imine (C=N–C) groups is 1. The molecule has 0 aliphatic carbocycles. The summed E-state index contributed by atoms with van der Waals surface area (Å²) >= 11 is 3.98. The molecule has 2 N–H and O–H groups in total. The Morgan fingerprint density at radius 1 is 2.00 bits per heavy atom. The summed E-state index contributed by atoms with van der Waals surface area (Å²) in [5, 5.41) is 0. The molecule has 0 radical (unpaired) electrons. The minimum atomic E-state index is 0.258. The number of thiol groups is 1. The molecule has 1 unspecified atom stereocenters. The Bertz CT molecular complexity index is 62.7. The maximum absolute atomic E-state index is 4.98. The van der Waals surface area contributed by atoms with Gasteiger partial charge in [-0.3, -0.25) is 4.99 Å². The molecule has 0 aliphatic rings. The highest BCUT2D eigenvalue weighted by molar-refractivity contribution is 7.80. The van der Waals surface area contributed by atoms with Gasteiger partial charge in [0.05, 0.1) is 12.4 Å². The number of hydrogen-bond acceptors (Lipinski definition) is 2. The van der Waals surface area contributed by atoms with Crippen LogP contribution in [-0.2, 0) is 0 Å². The van der Waals surface area contributed by atoms with Crippen molar-refractivity contribution in [2.24, 2.45) is 10.7 Å². The summed E-state index contributed by atoms with van der Waals surface area (Å²) in [6, 6.07) is 0.258. The number of nitrogens with zero attached hydrogens (tertiary/aromatic N) is 1. The predicted molar refractivity (Wildman–Crippen MR) is 36.0 cm³/mol. The van der Waals surface area contributed by atoms with Gasteiger partial charge in [-0.15, -0.1) is 0 Å². The van der Waals surface area contributed by atoms with Gasteiger partial charge in [-0.25, -0.2) is 0 Å². The largest absolute Gasteiger partial charge is 0.390 e. The molecule has 0 fully saturated rings. The maximum Gasteiger partial charge on any atom is 0.0801 e. The van der Waals surface area contributed by atoms with E-state index in [0.29, 0.717) is 0 Å². The molecule has 0 aromatic heterocycles. The average molecular weight is 118 g/mol. The molecule has 0 heterocycles. The Morgan fingerprint density at radius 3 is 2.71 bits per heavy atom. The number of nitrogens with two attached hydrogens (primary N) is 1. The van der Waals surface area contributed by atoms with Gasteiger partial charge < -0.3 is 5.73 Å². The molecular weight excluding hydrogens is 108 g/mol. The van der Waals surface area contributed by atoms with Crippen LogP contribution in [-0.4, -0.2) is 18.1 Å². The van der Waals surface area contributed by atoms with E-state index in [-0.39, 0.29) is 6.04 Å². The lowest BCUT2D eigenvalue weighted by atomic mass is 10.4. The lowest BCUT2D eigenvalue weighted by molar-refractivity contribution is 0.855. The Hall–Kier alpha value is -0.180. The van der Waals surface area contributed by atoms with Crippen LogP contribution in [0.1, 0.15) is 6.92 Å². The minimum absolute atomic E-state index is 0.258. The standard InChI is InChI=1S/C4H10N2S/c1-4(2-7)6-3-5/h3-4,7H,2H2,1H3,(H2,5,6). The van der Waals surface area contributed by atoms with Crippen LogP contribution in [0, 0.1) is 0 Å². The van der Waals surface area contributed by atoms with Crippen molar-refractivity contribution >= 4 is 19.0 Å². The Balaban J connectivity index is 3.16. The third kappa shape index (κ3) is 3.66. The maximum atomic E-state index is 4.98. The topological polar surface area (TPSA) is 38.4 Å². The molecule has 3 heteroatoms. The van der Waals surface area contributed by atoms with Gasteiger partial charge >= 0.3 is 0 Å². The quantitative estimate of drug-likeness (QED) is 0.305. The third-order valence-electron chi connectivity index (χ3n) is 0.605. The van der Waals surface area contributed by atoms with Gasteiger partial charge in [0.25, 0.3) is 0 Å². The second kappa shape index (κ2) is 3.99. The van der Waals surface area contributed by atoms with Crippen molar-refractivity contribution < 1.29 is 0 Å². The van der Waals surface area contributed by atoms with E-state index >= 15 is 0 Å². The molecule has 0 rings (SSSR count). The number of rotatable bonds is 2. The van der Waals surface area contributed by atoms with Crippen molar-refractivity contribution in [2.45, 2.75) is 13.0 Å². The summed E-state index contributed by atoms with van der Waals surface area (Å²) < 4.78 is 0. The first-order valence-electron chi connectivity index (χ1n) is 2.15. The predicted octanol–water partition coefficient (Wildman–Crippen LogP) is 0.292. The van der Waals surface area contributed by atoms with Gasteiger partial charge in [-0.2, -0.15) is 12.6 Å². The first-order valence-corrected chi connectivity index (χ1v) is 2.78. The summed E-state index contributed by atoms with van der Waals surface area (Å²) in [6.45, 7) is 1.95. The van der Waals surface area contributed by atoms with Crippen LogP contribution < -0.4 is 5.73 Å². The lowest BCUT2D eigenvalue weighted by Gasteiger charge is -1.95. The third-order valence-corrected chi connectivity index (χ3v) is 1.13. The highest BCUT2D eigenvalue weighted by atomic mass is 32.1. The van der Waals surface area contributed by atoms with Gasteiger partial charge in [0, 0.05) is 5.75 Å². The highest BCUT2D eigenvalue weighted by Crippen LogP contribution is 1.88. The second-order valence-electron chi connectivity index (χ2n) is 1.33. The van der Waals surface area contributed by atoms with Crippen LogP contribution in [0.5, 0.6) is 0 Å². The molecule has 0 aromatic rings. The Kier molecular flexibility index (Phi) is 3.89. The second-order valence-corrected chi connectivity index (χ2v) is 1.69. The fourth-order valence-corrected chi connectivity index (χ4v) is 0.288. The molecule has 0 spiro atoms. The smallest absolute Gasteiger partial charge is 0.0801 e. The summed E-state index contributed by atoms with van der Waals surface area (Å²) in [5.74, 6) is 0.758. The van der Waals surface area contributed by atoms with Crippen LogP contribution in [0.4, 0.5) is 0 Å². The van der Waals surface area contributed by atoms with Crippen molar-refractivity contribution in [3.63, 3.8) is 0 Å². The Morgan fingerprint density at radius 2 is 2.57 bits per heavy atom. The van der Waals surface area contributed by atoms with Gasteiger partial charge in [-0.05, 0) is 6.92 Å². The van der Waals surface area contributed by atoms with E-state index in [1.54, 1.807) is 0 Å². The van der Waals surface area contributed by atoms with E-state index in [4.69, 9.17) is 5.73 Å². The van der Waals surface area contributed by atoms with Crippen LogP contribution in [0.15, 0.2) is 4.99 Å². The summed E-state index contributed by atoms with van der Waals surface area (Å²) in [4.78, 5) is 3.82. The normalized spacial score (nSPS) is 15.1. The van der Waals surface area contributed by atoms with E-state index in [0.717, 1.165) is 5.75 Å². The average Bonchev–Trinajstić information content (AvgIpc) is 1.68. The molecule has 2 nitrogen and oxygen atoms in total. The fraction of sp³-hybridized carbons (Fsp3) is 0.750. The van der Waals surface area contributed by atoms with E-state index in [9.17, 15) is 0 Å².